The van der Waals surface area contributed by atoms with Crippen molar-refractivity contribution >= 4 is 22.8 Å². The van der Waals surface area contributed by atoms with E-state index < -0.39 is 0 Å². The number of nitrogens with zero attached hydrogens (tertiary/aromatic N) is 8. The molecule has 5 aromatic rings. The summed E-state index contributed by atoms with van der Waals surface area (Å²) in [6.07, 6.45) is 5.30. The second-order valence-corrected chi connectivity index (χ2v) is 10.9. The third kappa shape index (κ3) is 4.75. The molecule has 11 nitrogen and oxygen atoms in total. The Kier molecular flexibility index (Phi) is 6.12. The minimum absolute atomic E-state index is 0.208. The highest BCUT2D eigenvalue weighted by molar-refractivity contribution is 6.33. The zero-order valence-corrected chi connectivity index (χ0v) is 23.0. The van der Waals surface area contributed by atoms with Gasteiger partial charge in [0.15, 0.2) is 17.0 Å². The largest absolute Gasteiger partial charge is 0.486 e. The molecule has 0 radical (unpaired) electrons. The van der Waals surface area contributed by atoms with E-state index in [1.807, 2.05) is 35.9 Å². The van der Waals surface area contributed by atoms with Gasteiger partial charge in [0.2, 0.25) is 5.88 Å². The Morgan fingerprint density at radius 2 is 2.00 bits per heavy atom. The van der Waals surface area contributed by atoms with Crippen LogP contribution in [0.3, 0.4) is 0 Å². The maximum absolute atomic E-state index is 6.87. The molecule has 1 aliphatic heterocycles. The number of halogens is 1. The number of imidazole rings is 1. The number of pyridine rings is 1. The number of fused-ring (bicyclic) bond motifs is 2. The predicted molar refractivity (Wildman–Crippen MR) is 148 cm³/mol. The van der Waals surface area contributed by atoms with E-state index in [-0.39, 0.29) is 5.60 Å². The van der Waals surface area contributed by atoms with Crippen molar-refractivity contribution in [2.45, 2.75) is 58.5 Å². The fraction of sp³-hybridized carbons (Fsp3) is 0.357. The highest BCUT2D eigenvalue weighted by atomic mass is 35.5. The van der Waals surface area contributed by atoms with E-state index in [0.29, 0.717) is 53.3 Å². The molecule has 1 N–H and O–H groups in total. The monoisotopic (exact) mass is 557 g/mol. The highest BCUT2D eigenvalue weighted by Crippen LogP contribution is 2.41. The van der Waals surface area contributed by atoms with Crippen LogP contribution in [0, 0.1) is 6.92 Å². The summed E-state index contributed by atoms with van der Waals surface area (Å²) >= 11 is 6.87. The Bertz CT molecular complexity index is 1730. The van der Waals surface area contributed by atoms with Gasteiger partial charge in [-0.05, 0) is 62.6 Å². The molecule has 2 aliphatic rings. The first-order valence-electron chi connectivity index (χ1n) is 13.3. The van der Waals surface area contributed by atoms with Crippen molar-refractivity contribution in [3.8, 4) is 23.0 Å². The summed E-state index contributed by atoms with van der Waals surface area (Å²) in [5.74, 6) is 3.47. The normalized spacial score (nSPS) is 15.7. The summed E-state index contributed by atoms with van der Waals surface area (Å²) in [5.41, 5.74) is 3.81. The quantitative estimate of drug-likeness (QED) is 0.301. The molecule has 12 heteroatoms. The number of aromatic nitrogens is 8. The molecule has 7 rings (SSSR count). The van der Waals surface area contributed by atoms with Gasteiger partial charge in [-0.3, -0.25) is 4.98 Å². The Labute approximate surface area is 235 Å². The van der Waals surface area contributed by atoms with E-state index in [1.54, 1.807) is 6.07 Å². The van der Waals surface area contributed by atoms with Crippen LogP contribution in [0.4, 0.5) is 0 Å². The van der Waals surface area contributed by atoms with Gasteiger partial charge in [-0.1, -0.05) is 11.6 Å². The van der Waals surface area contributed by atoms with Gasteiger partial charge in [-0.15, -0.1) is 10.2 Å². The molecular formula is C28H28ClN9O2. The van der Waals surface area contributed by atoms with Gasteiger partial charge < -0.3 is 23.9 Å². The van der Waals surface area contributed by atoms with Crippen LogP contribution in [0.2, 0.25) is 5.02 Å². The van der Waals surface area contributed by atoms with Gasteiger partial charge in [0.05, 0.1) is 23.8 Å². The van der Waals surface area contributed by atoms with Crippen LogP contribution >= 0.6 is 11.6 Å². The number of rotatable bonds is 8. The van der Waals surface area contributed by atoms with E-state index in [2.05, 4.69) is 48.0 Å². The van der Waals surface area contributed by atoms with Crippen molar-refractivity contribution in [3.63, 3.8) is 0 Å². The first kappa shape index (κ1) is 24.9. The molecule has 0 amide bonds. The number of benzene rings is 1. The fourth-order valence-electron chi connectivity index (χ4n) is 4.88. The predicted octanol–water partition coefficient (Wildman–Crippen LogP) is 4.10. The summed E-state index contributed by atoms with van der Waals surface area (Å²) in [7, 11) is 0. The molecule has 5 heterocycles. The Morgan fingerprint density at radius 1 is 1.10 bits per heavy atom. The van der Waals surface area contributed by atoms with Gasteiger partial charge in [-0.2, -0.15) is 4.98 Å². The van der Waals surface area contributed by atoms with Crippen molar-refractivity contribution in [3.05, 3.63) is 70.8 Å². The number of aryl methyl sites for hydroxylation is 1. The minimum Gasteiger partial charge on any atom is -0.486 e. The van der Waals surface area contributed by atoms with E-state index >= 15 is 0 Å². The molecule has 204 valence electrons. The lowest BCUT2D eigenvalue weighted by molar-refractivity contribution is 0.194. The van der Waals surface area contributed by atoms with Gasteiger partial charge >= 0.3 is 0 Å². The van der Waals surface area contributed by atoms with Crippen LogP contribution in [0.15, 0.2) is 42.9 Å². The third-order valence-corrected chi connectivity index (χ3v) is 7.65. The lowest BCUT2D eigenvalue weighted by Gasteiger charge is -2.16. The van der Waals surface area contributed by atoms with Crippen LogP contribution in [-0.2, 0) is 26.2 Å². The van der Waals surface area contributed by atoms with E-state index in [9.17, 15) is 0 Å². The molecule has 0 bridgehead atoms. The number of ether oxygens (including phenoxy) is 2. The van der Waals surface area contributed by atoms with Gasteiger partial charge in [0, 0.05) is 24.8 Å². The fourth-order valence-corrected chi connectivity index (χ4v) is 5.13. The summed E-state index contributed by atoms with van der Waals surface area (Å²) in [4.78, 5) is 18.6. The Morgan fingerprint density at radius 3 is 2.83 bits per heavy atom. The van der Waals surface area contributed by atoms with Crippen molar-refractivity contribution in [1.82, 2.24) is 44.6 Å². The zero-order chi connectivity index (χ0) is 27.3. The van der Waals surface area contributed by atoms with Crippen molar-refractivity contribution in [2.24, 2.45) is 0 Å². The molecule has 1 saturated carbocycles. The SMILES string of the molecule is Cc1ccnc(Cn2c(-c3ccc(OCc4nnc5n4CCNC5)cc3Cl)nc3c(OC4(C)CC4)ncnc32)c1. The van der Waals surface area contributed by atoms with Gasteiger partial charge in [-0.25, -0.2) is 9.97 Å². The van der Waals surface area contributed by atoms with Crippen LogP contribution in [0.25, 0.3) is 22.6 Å². The molecule has 0 unspecified atom stereocenters. The number of nitrogens with one attached hydrogen (secondary N) is 1. The standard InChI is InChI=1S/C28H28ClN9O2/c1-17-5-8-31-18(11-17)14-38-25(34-24-26(38)32-16-33-27(24)40-28(2)6-7-28)20-4-3-19(12-21(20)29)39-15-23-36-35-22-13-30-9-10-37(22)23/h3-5,8,11-12,16,30H,6-7,9-10,13-15H2,1-2H3. The smallest absolute Gasteiger partial charge is 0.245 e. The highest BCUT2D eigenvalue weighted by Gasteiger charge is 2.41. The summed E-state index contributed by atoms with van der Waals surface area (Å²) in [6, 6.07) is 9.63. The number of hydrogen-bond acceptors (Lipinski definition) is 9. The second-order valence-electron chi connectivity index (χ2n) is 10.5. The lowest BCUT2D eigenvalue weighted by Crippen LogP contribution is -2.29. The van der Waals surface area contributed by atoms with Crippen molar-refractivity contribution < 1.29 is 9.47 Å². The van der Waals surface area contributed by atoms with Gasteiger partial charge in [0.25, 0.3) is 0 Å². The van der Waals surface area contributed by atoms with Crippen LogP contribution in [-0.4, -0.2) is 51.4 Å². The molecule has 1 aliphatic carbocycles. The zero-order valence-electron chi connectivity index (χ0n) is 22.3. The lowest BCUT2D eigenvalue weighted by atomic mass is 10.2. The molecular weight excluding hydrogens is 530 g/mol. The third-order valence-electron chi connectivity index (χ3n) is 7.34. The average Bonchev–Trinajstić information content (AvgIpc) is 3.36. The molecule has 1 fully saturated rings. The molecule has 1 aromatic carbocycles. The topological polar surface area (TPSA) is 118 Å². The molecule has 4 aromatic heterocycles. The minimum atomic E-state index is -0.208. The first-order chi connectivity index (χ1) is 19.5. The average molecular weight is 558 g/mol. The molecule has 0 atom stereocenters. The van der Waals surface area contributed by atoms with E-state index in [1.165, 1.54) is 6.33 Å². The molecule has 0 saturated heterocycles. The maximum atomic E-state index is 6.87. The Balaban J connectivity index is 1.24. The maximum Gasteiger partial charge on any atom is 0.245 e. The van der Waals surface area contributed by atoms with Crippen LogP contribution in [0.5, 0.6) is 11.6 Å². The first-order valence-corrected chi connectivity index (χ1v) is 13.7. The second kappa shape index (κ2) is 9.83. The van der Waals surface area contributed by atoms with Crippen molar-refractivity contribution in [2.75, 3.05) is 6.54 Å². The van der Waals surface area contributed by atoms with Crippen LogP contribution < -0.4 is 14.8 Å². The summed E-state index contributed by atoms with van der Waals surface area (Å²) in [5, 5.41) is 12.3. The number of hydrogen-bond donors (Lipinski definition) is 1. The summed E-state index contributed by atoms with van der Waals surface area (Å²) in [6.45, 7) is 7.30. The van der Waals surface area contributed by atoms with Gasteiger partial charge in [0.1, 0.15) is 35.9 Å². The molecule has 40 heavy (non-hydrogen) atoms. The summed E-state index contributed by atoms with van der Waals surface area (Å²) < 4.78 is 16.4. The molecule has 0 spiro atoms. The van der Waals surface area contributed by atoms with Crippen LogP contribution in [0.1, 0.15) is 42.7 Å². The van der Waals surface area contributed by atoms with E-state index in [4.69, 9.17) is 26.1 Å². The van der Waals surface area contributed by atoms with Crippen molar-refractivity contribution in [1.29, 1.82) is 0 Å². The van der Waals surface area contributed by atoms with E-state index in [0.717, 1.165) is 54.4 Å². The Hall–Kier alpha value is -4.09.